The molecule has 2 aliphatic rings. The van der Waals surface area contributed by atoms with E-state index in [1.54, 1.807) is 0 Å². The molecule has 1 N–H and O–H groups in total. The van der Waals surface area contributed by atoms with Crippen LogP contribution in [0, 0.1) is 11.8 Å². The van der Waals surface area contributed by atoms with Gasteiger partial charge in [-0.2, -0.15) is 0 Å². The van der Waals surface area contributed by atoms with Gasteiger partial charge in [0.2, 0.25) is 0 Å². The molecule has 2 unspecified atom stereocenters. The fraction of sp³-hybridized carbons (Fsp3) is 0.833. The molecule has 138 valence electrons. The van der Waals surface area contributed by atoms with Crippen LogP contribution < -0.4 is 0 Å². The third-order valence-electron chi connectivity index (χ3n) is 4.58. The second-order valence-electron chi connectivity index (χ2n) is 6.39. The Morgan fingerprint density at radius 3 is 2.21 bits per heavy atom. The molecule has 0 aromatic rings. The molecule has 2 fully saturated rings. The van der Waals surface area contributed by atoms with Crippen LogP contribution >= 0.6 is 0 Å². The van der Waals surface area contributed by atoms with E-state index < -0.39 is 0 Å². The molecule has 2 heterocycles. The first-order chi connectivity index (χ1) is 11.6. The first kappa shape index (κ1) is 20.8. The summed E-state index contributed by atoms with van der Waals surface area (Å²) in [6, 6.07) is 0. The standard InChI is InChI=1S/C17H26O5.CH4O/c18-15(6-4-13-8-10-21-12-13)2-1-3-16(19)7-5-14-9-11-22-17(14)20;1-2/h13-14H,1-12H2;2H,1H3. The number of hydrogen-bond acceptors (Lipinski definition) is 6. The van der Waals surface area contributed by atoms with Gasteiger partial charge in [0.25, 0.3) is 0 Å². The van der Waals surface area contributed by atoms with Crippen LogP contribution in [0.2, 0.25) is 0 Å². The fourth-order valence-corrected chi connectivity index (χ4v) is 3.04. The van der Waals surface area contributed by atoms with Crippen molar-refractivity contribution in [2.45, 2.75) is 57.8 Å². The monoisotopic (exact) mass is 342 g/mol. The summed E-state index contributed by atoms with van der Waals surface area (Å²) in [7, 11) is 1.00. The zero-order valence-electron chi connectivity index (χ0n) is 14.6. The minimum absolute atomic E-state index is 0.0980. The van der Waals surface area contributed by atoms with E-state index in [0.29, 0.717) is 51.0 Å². The van der Waals surface area contributed by atoms with Crippen LogP contribution in [0.1, 0.15) is 57.8 Å². The minimum atomic E-state index is -0.168. The summed E-state index contributed by atoms with van der Waals surface area (Å²) in [5.41, 5.74) is 0. The minimum Gasteiger partial charge on any atom is -0.465 e. The summed E-state index contributed by atoms with van der Waals surface area (Å²) in [6.07, 6.45) is 5.90. The molecule has 2 aliphatic heterocycles. The Hall–Kier alpha value is -1.27. The predicted molar refractivity (Wildman–Crippen MR) is 88.5 cm³/mol. The Kier molecular flexibility index (Phi) is 10.5. The Morgan fingerprint density at radius 2 is 1.67 bits per heavy atom. The molecule has 0 saturated carbocycles. The number of aliphatic hydroxyl groups excluding tert-OH is 1. The summed E-state index contributed by atoms with van der Waals surface area (Å²) in [5.74, 6) is 0.672. The normalized spacial score (nSPS) is 22.7. The predicted octanol–water partition coefficient (Wildman–Crippen LogP) is 2.06. The molecule has 0 spiro atoms. The summed E-state index contributed by atoms with van der Waals surface area (Å²) >= 11 is 0. The molecule has 0 aliphatic carbocycles. The highest BCUT2D eigenvalue weighted by molar-refractivity contribution is 5.82. The number of carbonyl (C=O) groups excluding carboxylic acids is 3. The second-order valence-corrected chi connectivity index (χ2v) is 6.39. The molecule has 2 saturated heterocycles. The number of esters is 1. The van der Waals surface area contributed by atoms with Crippen molar-refractivity contribution >= 4 is 17.5 Å². The lowest BCUT2D eigenvalue weighted by Gasteiger charge is -2.06. The first-order valence-corrected chi connectivity index (χ1v) is 8.87. The smallest absolute Gasteiger partial charge is 0.309 e. The van der Waals surface area contributed by atoms with Crippen LogP contribution in [0.4, 0.5) is 0 Å². The van der Waals surface area contributed by atoms with Gasteiger partial charge in [0, 0.05) is 46.0 Å². The highest BCUT2D eigenvalue weighted by Crippen LogP contribution is 2.21. The molecule has 0 aromatic heterocycles. The van der Waals surface area contributed by atoms with Gasteiger partial charge in [0.15, 0.2) is 0 Å². The van der Waals surface area contributed by atoms with Crippen molar-refractivity contribution in [3.63, 3.8) is 0 Å². The van der Waals surface area contributed by atoms with Gasteiger partial charge in [0.05, 0.1) is 12.5 Å². The van der Waals surface area contributed by atoms with E-state index in [4.69, 9.17) is 14.6 Å². The quantitative estimate of drug-likeness (QED) is 0.611. The number of ketones is 2. The SMILES string of the molecule is CO.O=C(CCCC(=O)CCC1CCOC1=O)CCC1CCOC1. The lowest BCUT2D eigenvalue weighted by atomic mass is 9.97. The van der Waals surface area contributed by atoms with Crippen molar-refractivity contribution < 1.29 is 29.0 Å². The maximum atomic E-state index is 11.8. The van der Waals surface area contributed by atoms with Gasteiger partial charge in [-0.3, -0.25) is 14.4 Å². The number of hydrogen-bond donors (Lipinski definition) is 1. The van der Waals surface area contributed by atoms with Crippen LogP contribution in [0.3, 0.4) is 0 Å². The van der Waals surface area contributed by atoms with E-state index in [9.17, 15) is 14.4 Å². The van der Waals surface area contributed by atoms with Crippen LogP contribution in [0.5, 0.6) is 0 Å². The van der Waals surface area contributed by atoms with E-state index in [-0.39, 0.29) is 23.5 Å². The fourth-order valence-electron chi connectivity index (χ4n) is 3.04. The van der Waals surface area contributed by atoms with Gasteiger partial charge < -0.3 is 14.6 Å². The average Bonchev–Trinajstić information content (AvgIpc) is 3.24. The summed E-state index contributed by atoms with van der Waals surface area (Å²) < 4.78 is 10.2. The number of rotatable bonds is 10. The summed E-state index contributed by atoms with van der Waals surface area (Å²) in [6.45, 7) is 2.09. The molecule has 0 amide bonds. The highest BCUT2D eigenvalue weighted by Gasteiger charge is 2.26. The third kappa shape index (κ3) is 8.02. The molecule has 0 aromatic carbocycles. The Morgan fingerprint density at radius 1 is 1.00 bits per heavy atom. The summed E-state index contributed by atoms with van der Waals surface area (Å²) in [5, 5.41) is 7.00. The molecule has 6 heteroatoms. The Balaban J connectivity index is 0.00000139. The van der Waals surface area contributed by atoms with E-state index in [1.165, 1.54) is 0 Å². The third-order valence-corrected chi connectivity index (χ3v) is 4.58. The first-order valence-electron chi connectivity index (χ1n) is 8.87. The Bertz CT molecular complexity index is 400. The van der Waals surface area contributed by atoms with E-state index in [1.807, 2.05) is 0 Å². The van der Waals surface area contributed by atoms with Crippen LogP contribution in [-0.4, -0.2) is 49.6 Å². The van der Waals surface area contributed by atoms with Crippen molar-refractivity contribution in [1.82, 2.24) is 0 Å². The van der Waals surface area contributed by atoms with Gasteiger partial charge in [0.1, 0.15) is 11.6 Å². The van der Waals surface area contributed by atoms with Crippen LogP contribution in [0.25, 0.3) is 0 Å². The molecular formula is C18H30O6. The van der Waals surface area contributed by atoms with Crippen molar-refractivity contribution in [3.05, 3.63) is 0 Å². The second kappa shape index (κ2) is 12.1. The van der Waals surface area contributed by atoms with Crippen molar-refractivity contribution in [2.24, 2.45) is 11.8 Å². The maximum Gasteiger partial charge on any atom is 0.309 e. The zero-order chi connectivity index (χ0) is 17.8. The van der Waals surface area contributed by atoms with E-state index in [0.717, 1.165) is 39.6 Å². The van der Waals surface area contributed by atoms with E-state index >= 15 is 0 Å². The number of cyclic esters (lactones) is 1. The highest BCUT2D eigenvalue weighted by atomic mass is 16.5. The van der Waals surface area contributed by atoms with Gasteiger partial charge in [-0.25, -0.2) is 0 Å². The molecule has 6 nitrogen and oxygen atoms in total. The number of aliphatic hydroxyl groups is 1. The van der Waals surface area contributed by atoms with Gasteiger partial charge in [-0.05, 0) is 38.0 Å². The number of ether oxygens (including phenoxy) is 2. The van der Waals surface area contributed by atoms with E-state index in [2.05, 4.69) is 0 Å². The molecule has 0 radical (unpaired) electrons. The van der Waals surface area contributed by atoms with Crippen LogP contribution in [0.15, 0.2) is 0 Å². The molecule has 2 rings (SSSR count). The largest absolute Gasteiger partial charge is 0.465 e. The zero-order valence-corrected chi connectivity index (χ0v) is 14.6. The molecular weight excluding hydrogens is 312 g/mol. The number of carbonyl (C=O) groups is 3. The van der Waals surface area contributed by atoms with Gasteiger partial charge in [-0.15, -0.1) is 0 Å². The summed E-state index contributed by atoms with van der Waals surface area (Å²) in [4.78, 5) is 34.8. The van der Waals surface area contributed by atoms with Crippen molar-refractivity contribution in [3.8, 4) is 0 Å². The average molecular weight is 342 g/mol. The number of Topliss-reactive ketones (excluding diaryl/α,β-unsaturated/α-hetero) is 2. The van der Waals surface area contributed by atoms with Gasteiger partial charge >= 0.3 is 5.97 Å². The topological polar surface area (TPSA) is 89.9 Å². The van der Waals surface area contributed by atoms with Crippen molar-refractivity contribution in [1.29, 1.82) is 0 Å². The molecule has 24 heavy (non-hydrogen) atoms. The lowest BCUT2D eigenvalue weighted by Crippen LogP contribution is -2.10. The maximum absolute atomic E-state index is 11.8. The van der Waals surface area contributed by atoms with Crippen LogP contribution in [-0.2, 0) is 23.9 Å². The molecule has 2 atom stereocenters. The Labute approximate surface area is 143 Å². The molecule has 0 bridgehead atoms. The van der Waals surface area contributed by atoms with Crippen molar-refractivity contribution in [2.75, 3.05) is 26.9 Å². The lowest BCUT2D eigenvalue weighted by molar-refractivity contribution is -0.141. The van der Waals surface area contributed by atoms with Gasteiger partial charge in [-0.1, -0.05) is 0 Å².